The molecule has 2 aromatic rings. The van der Waals surface area contributed by atoms with Crippen LogP contribution in [0.25, 0.3) is 0 Å². The van der Waals surface area contributed by atoms with Crippen molar-refractivity contribution in [3.05, 3.63) is 59.7 Å². The molecule has 2 aromatic carbocycles. The molecule has 0 radical (unpaired) electrons. The second kappa shape index (κ2) is 7.40. The molecule has 0 bridgehead atoms. The van der Waals surface area contributed by atoms with Crippen LogP contribution < -0.4 is 9.80 Å². The summed E-state index contributed by atoms with van der Waals surface area (Å²) in [5.74, 6) is -0.260. The van der Waals surface area contributed by atoms with Crippen LogP contribution in [0.15, 0.2) is 48.5 Å². The van der Waals surface area contributed by atoms with Crippen molar-refractivity contribution < 1.29 is 14.3 Å². The lowest BCUT2D eigenvalue weighted by atomic mass is 9.68. The first-order valence-corrected chi connectivity index (χ1v) is 10.9. The average Bonchev–Trinajstić information content (AvgIpc) is 3.20. The number of nitrogens with zero attached hydrogens (tertiary/aromatic N) is 2. The fourth-order valence-corrected chi connectivity index (χ4v) is 5.25. The van der Waals surface area contributed by atoms with E-state index in [2.05, 4.69) is 72.2 Å². The number of carbonyl (C=O) groups is 1. The molecule has 2 aliphatic heterocycles. The maximum atomic E-state index is 13.4. The van der Waals surface area contributed by atoms with Crippen molar-refractivity contribution in [3.8, 4) is 0 Å². The summed E-state index contributed by atoms with van der Waals surface area (Å²) in [6.45, 7) is 7.60. The minimum Gasteiger partial charge on any atom is -0.353 e. The van der Waals surface area contributed by atoms with Gasteiger partial charge in [0.1, 0.15) is 5.78 Å². The number of anilines is 2. The predicted molar refractivity (Wildman–Crippen MR) is 118 cm³/mol. The Morgan fingerprint density at radius 1 is 0.800 bits per heavy atom. The zero-order chi connectivity index (χ0) is 20.8. The van der Waals surface area contributed by atoms with Gasteiger partial charge in [0.25, 0.3) is 0 Å². The predicted octanol–water partition coefficient (Wildman–Crippen LogP) is 4.07. The summed E-state index contributed by atoms with van der Waals surface area (Å²) in [5, 5.41) is 0. The van der Waals surface area contributed by atoms with Gasteiger partial charge in [-0.3, -0.25) is 4.79 Å². The number of hydrogen-bond donors (Lipinski definition) is 0. The zero-order valence-corrected chi connectivity index (χ0v) is 17.9. The second-order valence-electron chi connectivity index (χ2n) is 9.20. The van der Waals surface area contributed by atoms with E-state index in [1.54, 1.807) is 0 Å². The van der Waals surface area contributed by atoms with Gasteiger partial charge in [-0.25, -0.2) is 0 Å². The van der Waals surface area contributed by atoms with Gasteiger partial charge in [0.05, 0.1) is 25.3 Å². The molecule has 1 aliphatic carbocycles. The number of carbonyl (C=O) groups excluding carboxylic acids is 1. The van der Waals surface area contributed by atoms with Crippen LogP contribution in [0.1, 0.15) is 30.4 Å². The Kier molecular flexibility index (Phi) is 4.83. The van der Waals surface area contributed by atoms with Crippen molar-refractivity contribution in [2.45, 2.75) is 38.9 Å². The van der Waals surface area contributed by atoms with Crippen LogP contribution in [0.3, 0.4) is 0 Å². The summed E-state index contributed by atoms with van der Waals surface area (Å²) in [4.78, 5) is 18.1. The maximum absolute atomic E-state index is 13.4. The van der Waals surface area contributed by atoms with Gasteiger partial charge < -0.3 is 19.3 Å². The highest BCUT2D eigenvalue weighted by molar-refractivity contribution is 5.88. The second-order valence-corrected chi connectivity index (χ2v) is 9.20. The summed E-state index contributed by atoms with van der Waals surface area (Å²) in [7, 11) is 0. The fraction of sp³-hybridized carbons (Fsp3) is 0.480. The monoisotopic (exact) mass is 406 g/mol. The lowest BCUT2D eigenvalue weighted by Crippen LogP contribution is -2.63. The van der Waals surface area contributed by atoms with Gasteiger partial charge in [-0.1, -0.05) is 35.4 Å². The fourth-order valence-electron chi connectivity index (χ4n) is 5.25. The third-order valence-corrected chi connectivity index (χ3v) is 6.87. The van der Waals surface area contributed by atoms with E-state index in [-0.39, 0.29) is 0 Å². The zero-order valence-electron chi connectivity index (χ0n) is 17.9. The lowest BCUT2D eigenvalue weighted by Gasteiger charge is -2.52. The van der Waals surface area contributed by atoms with Crippen molar-refractivity contribution in [3.63, 3.8) is 0 Å². The van der Waals surface area contributed by atoms with Crippen molar-refractivity contribution in [2.75, 3.05) is 42.8 Å². The minimum absolute atomic E-state index is 0.334. The molecule has 158 valence electrons. The Bertz CT molecular complexity index is 863. The van der Waals surface area contributed by atoms with Crippen LogP contribution in [0.4, 0.5) is 11.4 Å². The van der Waals surface area contributed by atoms with Crippen LogP contribution in [0.5, 0.6) is 0 Å². The molecule has 2 heterocycles. The van der Waals surface area contributed by atoms with Gasteiger partial charge >= 0.3 is 0 Å². The minimum atomic E-state index is -0.594. The number of aryl methyl sites for hydroxylation is 2. The van der Waals surface area contributed by atoms with Crippen molar-refractivity contribution in [1.29, 1.82) is 0 Å². The molecule has 0 amide bonds. The number of rotatable bonds is 2. The molecular formula is C25H30N2O3. The van der Waals surface area contributed by atoms with E-state index in [1.165, 1.54) is 11.1 Å². The first-order chi connectivity index (χ1) is 14.5. The molecular weight excluding hydrogens is 376 g/mol. The maximum Gasteiger partial charge on any atom is 0.170 e. The number of hydrogen-bond acceptors (Lipinski definition) is 5. The molecule has 2 saturated heterocycles. The largest absolute Gasteiger partial charge is 0.353 e. The van der Waals surface area contributed by atoms with E-state index < -0.39 is 11.2 Å². The highest BCUT2D eigenvalue weighted by Crippen LogP contribution is 2.47. The van der Waals surface area contributed by atoms with Crippen LogP contribution >= 0.6 is 0 Å². The molecule has 5 heteroatoms. The van der Waals surface area contributed by atoms with E-state index in [9.17, 15) is 4.79 Å². The van der Waals surface area contributed by atoms with E-state index in [4.69, 9.17) is 9.47 Å². The van der Waals surface area contributed by atoms with Gasteiger partial charge in [-0.05, 0) is 38.1 Å². The molecule has 0 atom stereocenters. The smallest absolute Gasteiger partial charge is 0.170 e. The molecule has 0 aromatic heterocycles. The number of ketones is 1. The summed E-state index contributed by atoms with van der Waals surface area (Å²) < 4.78 is 12.1. The average molecular weight is 407 g/mol. The number of benzene rings is 2. The van der Waals surface area contributed by atoms with Crippen LogP contribution in [-0.4, -0.2) is 44.5 Å². The highest BCUT2D eigenvalue weighted by atomic mass is 16.7. The molecule has 1 saturated carbocycles. The lowest BCUT2D eigenvalue weighted by molar-refractivity contribution is -0.201. The Morgan fingerprint density at radius 2 is 1.30 bits per heavy atom. The molecule has 0 unspecified atom stereocenters. The summed E-state index contributed by atoms with van der Waals surface area (Å²) in [5.41, 5.74) is 4.27. The van der Waals surface area contributed by atoms with E-state index in [0.29, 0.717) is 51.3 Å². The molecule has 3 fully saturated rings. The Labute approximate surface area is 178 Å². The molecule has 3 aliphatic rings. The standard InChI is InChI=1S/C25H30N2O3/c1-19-3-7-21(8-4-19)26-16-24(15-25(12-11-23(24)28)29-13-14-30-25)17-27(18-26)22-9-5-20(2)6-10-22/h3-10H,11-18H2,1-2H3. The third kappa shape index (κ3) is 3.50. The van der Waals surface area contributed by atoms with E-state index in [1.807, 2.05) is 0 Å². The van der Waals surface area contributed by atoms with Crippen molar-refractivity contribution in [2.24, 2.45) is 5.41 Å². The highest BCUT2D eigenvalue weighted by Gasteiger charge is 2.55. The Balaban J connectivity index is 1.52. The first kappa shape index (κ1) is 19.6. The van der Waals surface area contributed by atoms with Crippen LogP contribution in [0, 0.1) is 19.3 Å². The quantitative estimate of drug-likeness (QED) is 0.752. The van der Waals surface area contributed by atoms with Gasteiger partial charge in [0.2, 0.25) is 0 Å². The van der Waals surface area contributed by atoms with Gasteiger partial charge in [-0.15, -0.1) is 0 Å². The van der Waals surface area contributed by atoms with Gasteiger partial charge in [0, 0.05) is 43.7 Å². The van der Waals surface area contributed by atoms with Gasteiger partial charge in [0.15, 0.2) is 5.79 Å². The number of ether oxygens (including phenoxy) is 2. The topological polar surface area (TPSA) is 42.0 Å². The van der Waals surface area contributed by atoms with Gasteiger partial charge in [-0.2, -0.15) is 0 Å². The normalized spacial score (nSPS) is 22.8. The summed E-state index contributed by atoms with van der Waals surface area (Å²) in [6, 6.07) is 17.2. The Hall–Kier alpha value is -2.37. The molecule has 0 N–H and O–H groups in total. The van der Waals surface area contributed by atoms with Crippen LogP contribution in [0.2, 0.25) is 0 Å². The molecule has 2 spiro atoms. The SMILES string of the molecule is Cc1ccc(N2CN(c3ccc(C)cc3)CC3(C2)CC2(CCC3=O)OCCO2)cc1. The molecule has 5 nitrogen and oxygen atoms in total. The summed E-state index contributed by atoms with van der Waals surface area (Å²) in [6.07, 6.45) is 1.82. The van der Waals surface area contributed by atoms with Crippen LogP contribution in [-0.2, 0) is 14.3 Å². The van der Waals surface area contributed by atoms with Crippen molar-refractivity contribution >= 4 is 17.2 Å². The van der Waals surface area contributed by atoms with E-state index in [0.717, 1.165) is 18.0 Å². The molecule has 30 heavy (non-hydrogen) atoms. The summed E-state index contributed by atoms with van der Waals surface area (Å²) >= 11 is 0. The van der Waals surface area contributed by atoms with Crippen molar-refractivity contribution in [1.82, 2.24) is 0 Å². The Morgan fingerprint density at radius 3 is 1.80 bits per heavy atom. The third-order valence-electron chi connectivity index (χ3n) is 6.87. The van der Waals surface area contributed by atoms with E-state index >= 15 is 0 Å². The first-order valence-electron chi connectivity index (χ1n) is 10.9. The number of Topliss-reactive ketones (excluding diaryl/α,β-unsaturated/α-hetero) is 1. The molecule has 5 rings (SSSR count).